The summed E-state index contributed by atoms with van der Waals surface area (Å²) in [5.74, 6) is 1.88. The minimum absolute atomic E-state index is 0.522. The van der Waals surface area contributed by atoms with Gasteiger partial charge in [0.1, 0.15) is 17.2 Å². The third-order valence-electron chi connectivity index (χ3n) is 2.62. The number of hydrogen-bond acceptors (Lipinski definition) is 5. The second kappa shape index (κ2) is 7.91. The molecule has 1 rings (SSSR count). The molecule has 1 aromatic rings. The average molecular weight is 268 g/mol. The summed E-state index contributed by atoms with van der Waals surface area (Å²) in [7, 11) is 4.25. The molecule has 1 aromatic carbocycles. The molecule has 106 valence electrons. The molecule has 0 unspecified atom stereocenters. The molecule has 0 bridgehead atoms. The summed E-state index contributed by atoms with van der Waals surface area (Å²) in [4.78, 5) is 0. The van der Waals surface area contributed by atoms with Crippen molar-refractivity contribution in [3.63, 3.8) is 0 Å². The maximum Gasteiger partial charge on any atom is 0.501 e. The number of ether oxygens (including phenoxy) is 3. The third-order valence-corrected chi connectivity index (χ3v) is 2.62. The second-order valence-corrected chi connectivity index (χ2v) is 3.69. The molecule has 0 spiro atoms. The molecule has 5 nitrogen and oxygen atoms in total. The maximum atomic E-state index is 5.60. The Kier molecular flexibility index (Phi) is 6.52. The molecular formula is C13H21BO5. The second-order valence-electron chi connectivity index (χ2n) is 3.69. The molecule has 0 fully saturated rings. The maximum absolute atomic E-state index is 5.60. The van der Waals surface area contributed by atoms with Crippen LogP contribution in [-0.4, -0.2) is 41.7 Å². The SMILES string of the molecule is CCOB(OCC)c1c(OC)cc(OC)cc1OC. The van der Waals surface area contributed by atoms with Crippen LogP contribution < -0.4 is 19.7 Å². The Morgan fingerprint density at radius 2 is 1.32 bits per heavy atom. The van der Waals surface area contributed by atoms with Crippen LogP contribution in [0.15, 0.2) is 12.1 Å². The predicted octanol–water partition coefficient (Wildman–Crippen LogP) is 1.48. The first-order chi connectivity index (χ1) is 9.21. The Bertz CT molecular complexity index is 366. The smallest absolute Gasteiger partial charge is 0.497 e. The number of rotatable bonds is 8. The molecule has 0 aliphatic rings. The van der Waals surface area contributed by atoms with Gasteiger partial charge >= 0.3 is 7.12 Å². The molecule has 0 aliphatic heterocycles. The molecule has 0 saturated heterocycles. The number of hydrogen-bond donors (Lipinski definition) is 0. The van der Waals surface area contributed by atoms with E-state index in [2.05, 4.69) is 0 Å². The minimum Gasteiger partial charge on any atom is -0.497 e. The monoisotopic (exact) mass is 268 g/mol. The van der Waals surface area contributed by atoms with Gasteiger partial charge < -0.3 is 23.5 Å². The quantitative estimate of drug-likeness (QED) is 0.668. The molecular weight excluding hydrogens is 247 g/mol. The number of benzene rings is 1. The highest BCUT2D eigenvalue weighted by molar-refractivity contribution is 6.63. The van der Waals surface area contributed by atoms with Gasteiger partial charge in [-0.1, -0.05) is 0 Å². The third kappa shape index (κ3) is 3.78. The Hall–Kier alpha value is -1.40. The zero-order valence-corrected chi connectivity index (χ0v) is 12.2. The Labute approximate surface area is 114 Å². The summed E-state index contributed by atoms with van der Waals surface area (Å²) in [5, 5.41) is 0. The van der Waals surface area contributed by atoms with Crippen LogP contribution in [-0.2, 0) is 9.31 Å². The van der Waals surface area contributed by atoms with Crippen molar-refractivity contribution in [3.8, 4) is 17.2 Å². The van der Waals surface area contributed by atoms with Crippen LogP contribution >= 0.6 is 0 Å². The summed E-state index contributed by atoms with van der Waals surface area (Å²) in [6, 6.07) is 3.56. The lowest BCUT2D eigenvalue weighted by Gasteiger charge is -2.19. The zero-order valence-electron chi connectivity index (χ0n) is 12.2. The van der Waals surface area contributed by atoms with Crippen molar-refractivity contribution in [2.75, 3.05) is 34.5 Å². The molecule has 0 radical (unpaired) electrons. The van der Waals surface area contributed by atoms with Crippen LogP contribution in [0.25, 0.3) is 0 Å². The van der Waals surface area contributed by atoms with Gasteiger partial charge in [-0.15, -0.1) is 0 Å². The van der Waals surface area contributed by atoms with E-state index in [0.29, 0.717) is 30.5 Å². The first kappa shape index (κ1) is 15.7. The molecule has 0 N–H and O–H groups in total. The highest BCUT2D eigenvalue weighted by atomic mass is 16.6. The first-order valence-electron chi connectivity index (χ1n) is 6.24. The van der Waals surface area contributed by atoms with Gasteiger partial charge in [0.2, 0.25) is 0 Å². The van der Waals surface area contributed by atoms with E-state index in [4.69, 9.17) is 23.5 Å². The summed E-state index contributed by atoms with van der Waals surface area (Å²) < 4.78 is 27.2. The largest absolute Gasteiger partial charge is 0.501 e. The van der Waals surface area contributed by atoms with Gasteiger partial charge in [0, 0.05) is 25.3 Å². The van der Waals surface area contributed by atoms with Crippen molar-refractivity contribution >= 4 is 12.6 Å². The van der Waals surface area contributed by atoms with Crippen molar-refractivity contribution in [1.29, 1.82) is 0 Å². The first-order valence-corrected chi connectivity index (χ1v) is 6.24. The van der Waals surface area contributed by atoms with Gasteiger partial charge in [0.25, 0.3) is 0 Å². The summed E-state index contributed by atoms with van der Waals surface area (Å²) in [6.07, 6.45) is 0. The molecule has 0 saturated carbocycles. The highest BCUT2D eigenvalue weighted by Crippen LogP contribution is 2.26. The van der Waals surface area contributed by atoms with Crippen LogP contribution in [0.5, 0.6) is 17.2 Å². The van der Waals surface area contributed by atoms with Gasteiger partial charge in [0.05, 0.1) is 26.8 Å². The van der Waals surface area contributed by atoms with Crippen LogP contribution in [0.1, 0.15) is 13.8 Å². The minimum atomic E-state index is -0.522. The topological polar surface area (TPSA) is 46.2 Å². The predicted molar refractivity (Wildman–Crippen MR) is 74.7 cm³/mol. The fraction of sp³-hybridized carbons (Fsp3) is 0.538. The Balaban J connectivity index is 3.27. The van der Waals surface area contributed by atoms with E-state index < -0.39 is 7.12 Å². The molecule has 0 atom stereocenters. The van der Waals surface area contributed by atoms with Gasteiger partial charge in [-0.05, 0) is 13.8 Å². The van der Waals surface area contributed by atoms with E-state index in [1.165, 1.54) is 0 Å². The lowest BCUT2D eigenvalue weighted by Crippen LogP contribution is -2.39. The lowest BCUT2D eigenvalue weighted by atomic mass is 9.77. The lowest BCUT2D eigenvalue weighted by molar-refractivity contribution is 0.223. The van der Waals surface area contributed by atoms with Gasteiger partial charge in [-0.3, -0.25) is 0 Å². The van der Waals surface area contributed by atoms with E-state index in [9.17, 15) is 0 Å². The van der Waals surface area contributed by atoms with Crippen molar-refractivity contribution < 1.29 is 23.5 Å². The molecule has 0 heterocycles. The van der Waals surface area contributed by atoms with E-state index in [0.717, 1.165) is 5.46 Å². The van der Waals surface area contributed by atoms with Crippen LogP contribution in [0.3, 0.4) is 0 Å². The van der Waals surface area contributed by atoms with Crippen molar-refractivity contribution in [1.82, 2.24) is 0 Å². The molecule has 0 aromatic heterocycles. The van der Waals surface area contributed by atoms with E-state index in [-0.39, 0.29) is 0 Å². The highest BCUT2D eigenvalue weighted by Gasteiger charge is 2.29. The normalized spacial score (nSPS) is 10.2. The van der Waals surface area contributed by atoms with Crippen LogP contribution in [0.2, 0.25) is 0 Å². The van der Waals surface area contributed by atoms with Gasteiger partial charge in [-0.25, -0.2) is 0 Å². The van der Waals surface area contributed by atoms with Gasteiger partial charge in [0.15, 0.2) is 0 Å². The Morgan fingerprint density at radius 1 is 0.842 bits per heavy atom. The van der Waals surface area contributed by atoms with Gasteiger partial charge in [-0.2, -0.15) is 0 Å². The van der Waals surface area contributed by atoms with Crippen LogP contribution in [0, 0.1) is 0 Å². The summed E-state index contributed by atoms with van der Waals surface area (Å²) in [5.41, 5.74) is 0.731. The van der Waals surface area contributed by atoms with Crippen molar-refractivity contribution in [2.24, 2.45) is 0 Å². The fourth-order valence-corrected chi connectivity index (χ4v) is 1.78. The number of methoxy groups -OCH3 is 3. The molecule has 0 amide bonds. The molecule has 19 heavy (non-hydrogen) atoms. The summed E-state index contributed by atoms with van der Waals surface area (Å²) >= 11 is 0. The van der Waals surface area contributed by atoms with E-state index in [1.54, 1.807) is 33.5 Å². The average Bonchev–Trinajstić information content (AvgIpc) is 2.45. The molecule has 6 heteroatoms. The molecule has 0 aliphatic carbocycles. The van der Waals surface area contributed by atoms with E-state index >= 15 is 0 Å². The Morgan fingerprint density at radius 3 is 1.63 bits per heavy atom. The van der Waals surface area contributed by atoms with Crippen molar-refractivity contribution in [2.45, 2.75) is 13.8 Å². The van der Waals surface area contributed by atoms with Crippen molar-refractivity contribution in [3.05, 3.63) is 12.1 Å². The standard InChI is InChI=1S/C13H21BO5/c1-6-18-14(19-7-2)13-11(16-4)8-10(15-3)9-12(13)17-5/h8-9H,6-7H2,1-5H3. The fourth-order valence-electron chi connectivity index (χ4n) is 1.78. The van der Waals surface area contributed by atoms with Crippen LogP contribution in [0.4, 0.5) is 0 Å². The zero-order chi connectivity index (χ0) is 14.3. The van der Waals surface area contributed by atoms with E-state index in [1.807, 2.05) is 13.8 Å². The summed E-state index contributed by atoms with van der Waals surface area (Å²) in [6.45, 7) is 4.88.